The third-order valence-corrected chi connectivity index (χ3v) is 6.33. The van der Waals surface area contributed by atoms with Crippen molar-refractivity contribution in [1.29, 1.82) is 0 Å². The number of carbonyl (C=O) groups is 2. The summed E-state index contributed by atoms with van der Waals surface area (Å²) in [7, 11) is 0. The van der Waals surface area contributed by atoms with Crippen LogP contribution in [0.25, 0.3) is 0 Å². The summed E-state index contributed by atoms with van der Waals surface area (Å²) in [4.78, 5) is 26.6. The number of carbonyl (C=O) groups excluding carboxylic acids is 2. The molecule has 3 aromatic rings. The van der Waals surface area contributed by atoms with E-state index in [4.69, 9.17) is 4.52 Å². The summed E-state index contributed by atoms with van der Waals surface area (Å²) in [5.74, 6) is 0.713. The van der Waals surface area contributed by atoms with E-state index in [1.54, 1.807) is 4.90 Å². The highest BCUT2D eigenvalue weighted by Gasteiger charge is 2.37. The Bertz CT molecular complexity index is 1060. The van der Waals surface area contributed by atoms with Gasteiger partial charge in [-0.15, -0.1) is 10.2 Å². The molecule has 30 heavy (non-hydrogen) atoms. The molecule has 2 aliphatic rings. The van der Waals surface area contributed by atoms with Crippen molar-refractivity contribution >= 4 is 28.3 Å². The Morgan fingerprint density at radius 2 is 2.07 bits per heavy atom. The fourth-order valence-electron chi connectivity index (χ4n) is 3.56. The highest BCUT2D eigenvalue weighted by atomic mass is 32.1. The van der Waals surface area contributed by atoms with Crippen molar-refractivity contribution in [1.82, 2.24) is 20.7 Å². The number of rotatable bonds is 7. The largest absolute Gasteiger partial charge is 0.361 e. The molecule has 1 aliphatic carbocycles. The molecule has 2 aromatic heterocycles. The van der Waals surface area contributed by atoms with Crippen LogP contribution in [0.1, 0.15) is 47.2 Å². The summed E-state index contributed by atoms with van der Waals surface area (Å²) < 4.78 is 5.31. The fraction of sp³-hybridized carbons (Fsp3) is 0.381. The molecule has 0 spiro atoms. The van der Waals surface area contributed by atoms with E-state index in [2.05, 4.69) is 20.7 Å². The molecule has 1 atom stereocenters. The Kier molecular flexibility index (Phi) is 5.04. The van der Waals surface area contributed by atoms with E-state index in [1.165, 1.54) is 11.3 Å². The van der Waals surface area contributed by atoms with Crippen LogP contribution in [0, 0.1) is 5.92 Å². The van der Waals surface area contributed by atoms with Crippen molar-refractivity contribution in [3.05, 3.63) is 58.4 Å². The van der Waals surface area contributed by atoms with Crippen LogP contribution in [0.5, 0.6) is 0 Å². The summed E-state index contributed by atoms with van der Waals surface area (Å²) in [5.41, 5.74) is 1.85. The summed E-state index contributed by atoms with van der Waals surface area (Å²) in [6.07, 6.45) is 3.12. The van der Waals surface area contributed by atoms with Gasteiger partial charge >= 0.3 is 0 Å². The number of aromatic nitrogens is 3. The highest BCUT2D eigenvalue weighted by Crippen LogP contribution is 2.40. The second-order valence-electron chi connectivity index (χ2n) is 7.76. The monoisotopic (exact) mass is 423 g/mol. The van der Waals surface area contributed by atoms with Gasteiger partial charge in [0.05, 0.1) is 12.5 Å². The molecule has 3 heterocycles. The van der Waals surface area contributed by atoms with Gasteiger partial charge in [0.25, 0.3) is 0 Å². The third kappa shape index (κ3) is 4.11. The number of hydrogen-bond donors (Lipinski definition) is 1. The minimum atomic E-state index is -0.409. The van der Waals surface area contributed by atoms with Gasteiger partial charge in [-0.25, -0.2) is 0 Å². The molecule has 8 nitrogen and oxygen atoms in total. The Balaban J connectivity index is 1.17. The predicted molar refractivity (Wildman–Crippen MR) is 110 cm³/mol. The molecule has 1 aromatic carbocycles. The average Bonchev–Trinajstić information content (AvgIpc) is 3.13. The zero-order valence-corrected chi connectivity index (χ0v) is 17.1. The molecule has 1 aliphatic heterocycles. The predicted octanol–water partition coefficient (Wildman–Crippen LogP) is 2.66. The van der Waals surface area contributed by atoms with E-state index < -0.39 is 5.92 Å². The molecule has 9 heteroatoms. The van der Waals surface area contributed by atoms with Gasteiger partial charge in [-0.1, -0.05) is 46.8 Å². The molecule has 1 N–H and O–H groups in total. The van der Waals surface area contributed by atoms with Crippen LogP contribution < -0.4 is 10.2 Å². The molecule has 2 fully saturated rings. The van der Waals surface area contributed by atoms with Gasteiger partial charge < -0.3 is 9.84 Å². The first-order valence-corrected chi connectivity index (χ1v) is 10.9. The van der Waals surface area contributed by atoms with Crippen LogP contribution in [0.2, 0.25) is 0 Å². The number of nitrogens with one attached hydrogen (secondary N) is 1. The van der Waals surface area contributed by atoms with Crippen LogP contribution in [0.4, 0.5) is 5.13 Å². The maximum Gasteiger partial charge on any atom is 0.229 e. The summed E-state index contributed by atoms with van der Waals surface area (Å²) in [6.45, 7) is 0.622. The Labute approximate surface area is 177 Å². The van der Waals surface area contributed by atoms with Crippen LogP contribution in [-0.4, -0.2) is 33.7 Å². The van der Waals surface area contributed by atoms with Gasteiger partial charge in [-0.3, -0.25) is 14.5 Å². The molecule has 1 unspecified atom stereocenters. The maximum absolute atomic E-state index is 12.6. The average molecular weight is 423 g/mol. The lowest BCUT2D eigenvalue weighted by Crippen LogP contribution is -2.32. The van der Waals surface area contributed by atoms with Crippen molar-refractivity contribution in [2.75, 3.05) is 11.4 Å². The van der Waals surface area contributed by atoms with Crippen molar-refractivity contribution in [3.63, 3.8) is 0 Å². The molecular formula is C21H21N5O3S. The zero-order chi connectivity index (χ0) is 20.5. The van der Waals surface area contributed by atoms with Gasteiger partial charge in [-0.2, -0.15) is 0 Å². The standard InChI is InChI=1S/C21H21N5O3S/c27-19-9-15(20(28)22-11-16-10-17(29-25-16)14-6-7-14)12-26(19)21-24-23-18(30-21)8-13-4-2-1-3-5-13/h1-5,10,14-15H,6-9,11-12H2,(H,22,28). The topological polar surface area (TPSA) is 101 Å². The van der Waals surface area contributed by atoms with E-state index in [0.717, 1.165) is 29.2 Å². The van der Waals surface area contributed by atoms with E-state index in [9.17, 15) is 9.59 Å². The molecule has 2 amide bonds. The molecule has 1 saturated heterocycles. The lowest BCUT2D eigenvalue weighted by molar-refractivity contribution is -0.126. The lowest BCUT2D eigenvalue weighted by Gasteiger charge is -2.12. The van der Waals surface area contributed by atoms with Crippen LogP contribution >= 0.6 is 11.3 Å². The number of anilines is 1. The molecular weight excluding hydrogens is 402 g/mol. The SMILES string of the molecule is O=C(NCc1cc(C2CC2)on1)C1CC(=O)N(c2nnc(Cc3ccccc3)s2)C1. The van der Waals surface area contributed by atoms with Gasteiger partial charge in [0, 0.05) is 31.4 Å². The summed E-state index contributed by atoms with van der Waals surface area (Å²) in [5, 5.41) is 16.7. The maximum atomic E-state index is 12.6. The van der Waals surface area contributed by atoms with Gasteiger partial charge in [0.1, 0.15) is 16.5 Å². The first-order chi connectivity index (χ1) is 14.7. The number of benzene rings is 1. The molecule has 5 rings (SSSR count). The summed E-state index contributed by atoms with van der Waals surface area (Å²) in [6, 6.07) is 11.9. The molecule has 1 saturated carbocycles. The second-order valence-corrected chi connectivity index (χ2v) is 8.80. The van der Waals surface area contributed by atoms with E-state index in [1.807, 2.05) is 36.4 Å². The minimum absolute atomic E-state index is 0.102. The Hall–Kier alpha value is -3.07. The smallest absolute Gasteiger partial charge is 0.229 e. The van der Waals surface area contributed by atoms with Crippen molar-refractivity contribution < 1.29 is 14.1 Å². The van der Waals surface area contributed by atoms with Crippen LogP contribution in [0.3, 0.4) is 0 Å². The first kappa shape index (κ1) is 18.9. The van der Waals surface area contributed by atoms with Gasteiger partial charge in [-0.05, 0) is 18.4 Å². The Morgan fingerprint density at radius 3 is 2.87 bits per heavy atom. The van der Waals surface area contributed by atoms with Crippen molar-refractivity contribution in [2.24, 2.45) is 5.92 Å². The van der Waals surface area contributed by atoms with E-state index >= 15 is 0 Å². The van der Waals surface area contributed by atoms with E-state index in [0.29, 0.717) is 36.3 Å². The second kappa shape index (κ2) is 7.98. The lowest BCUT2D eigenvalue weighted by atomic mass is 10.1. The quantitative estimate of drug-likeness (QED) is 0.627. The number of hydrogen-bond acceptors (Lipinski definition) is 7. The van der Waals surface area contributed by atoms with Gasteiger partial charge in [0.15, 0.2) is 0 Å². The van der Waals surface area contributed by atoms with Gasteiger partial charge in [0.2, 0.25) is 16.9 Å². The molecule has 154 valence electrons. The highest BCUT2D eigenvalue weighted by molar-refractivity contribution is 7.15. The first-order valence-electron chi connectivity index (χ1n) is 10.1. The molecule has 0 bridgehead atoms. The minimum Gasteiger partial charge on any atom is -0.361 e. The number of nitrogens with zero attached hydrogens (tertiary/aromatic N) is 4. The van der Waals surface area contributed by atoms with Crippen LogP contribution in [-0.2, 0) is 22.6 Å². The third-order valence-electron chi connectivity index (χ3n) is 5.38. The Morgan fingerprint density at radius 1 is 1.23 bits per heavy atom. The normalized spacial score (nSPS) is 18.7. The van der Waals surface area contributed by atoms with Crippen molar-refractivity contribution in [3.8, 4) is 0 Å². The fourth-order valence-corrected chi connectivity index (χ4v) is 4.46. The van der Waals surface area contributed by atoms with Crippen LogP contribution in [0.15, 0.2) is 40.9 Å². The van der Waals surface area contributed by atoms with Crippen molar-refractivity contribution in [2.45, 2.75) is 38.1 Å². The summed E-state index contributed by atoms with van der Waals surface area (Å²) >= 11 is 1.39. The zero-order valence-electron chi connectivity index (χ0n) is 16.3. The number of amides is 2. The van der Waals surface area contributed by atoms with E-state index in [-0.39, 0.29) is 18.2 Å². The molecule has 0 radical (unpaired) electrons.